The van der Waals surface area contributed by atoms with Crippen LogP contribution < -0.4 is 10.8 Å². The Balaban J connectivity index is 2.49. The molecule has 1 saturated carbocycles. The Morgan fingerprint density at radius 2 is 1.91 bits per heavy atom. The third-order valence-electron chi connectivity index (χ3n) is 2.66. The maximum atomic E-state index is 9.53. The topological polar surface area (TPSA) is 50.7 Å². The van der Waals surface area contributed by atoms with Gasteiger partial charge in [0, 0.05) is 12.8 Å². The van der Waals surface area contributed by atoms with E-state index in [1.807, 2.05) is 6.92 Å². The SMILES string of the molecule is CC[NH+](O)C1(N)CCCCC1. The Morgan fingerprint density at radius 1 is 1.36 bits per heavy atom. The molecule has 0 amide bonds. The average Bonchev–Trinajstić information content (AvgIpc) is 2.04. The van der Waals surface area contributed by atoms with Crippen LogP contribution in [-0.4, -0.2) is 17.4 Å². The third-order valence-corrected chi connectivity index (χ3v) is 2.66. The predicted octanol–water partition coefficient (Wildman–Crippen LogP) is -0.100. The summed E-state index contributed by atoms with van der Waals surface area (Å²) in [5.41, 5.74) is 5.69. The van der Waals surface area contributed by atoms with E-state index < -0.39 is 0 Å². The van der Waals surface area contributed by atoms with Crippen molar-refractivity contribution in [1.82, 2.24) is 0 Å². The minimum absolute atomic E-state index is 0.340. The summed E-state index contributed by atoms with van der Waals surface area (Å²) in [6.07, 6.45) is 5.54. The predicted molar refractivity (Wildman–Crippen MR) is 43.3 cm³/mol. The molecule has 11 heavy (non-hydrogen) atoms. The van der Waals surface area contributed by atoms with Crippen molar-refractivity contribution >= 4 is 0 Å². The van der Waals surface area contributed by atoms with E-state index in [2.05, 4.69) is 0 Å². The molecule has 66 valence electrons. The molecule has 0 heterocycles. The van der Waals surface area contributed by atoms with E-state index >= 15 is 0 Å². The van der Waals surface area contributed by atoms with E-state index in [1.165, 1.54) is 19.3 Å². The highest BCUT2D eigenvalue weighted by Gasteiger charge is 2.36. The molecule has 0 aliphatic heterocycles. The first-order valence-corrected chi connectivity index (χ1v) is 4.53. The third kappa shape index (κ3) is 1.92. The highest BCUT2D eigenvalue weighted by molar-refractivity contribution is 4.74. The first kappa shape index (κ1) is 8.97. The Kier molecular flexibility index (Phi) is 2.87. The lowest BCUT2D eigenvalue weighted by molar-refractivity contribution is -1.13. The maximum Gasteiger partial charge on any atom is 0.178 e. The molecule has 1 fully saturated rings. The summed E-state index contributed by atoms with van der Waals surface area (Å²) in [5.74, 6) is 0. The fourth-order valence-electron chi connectivity index (χ4n) is 1.82. The second-order valence-electron chi connectivity index (χ2n) is 3.52. The van der Waals surface area contributed by atoms with Gasteiger partial charge in [0.25, 0.3) is 0 Å². The molecule has 1 rings (SSSR count). The lowest BCUT2D eigenvalue weighted by Gasteiger charge is -2.34. The zero-order chi connectivity index (χ0) is 8.32. The van der Waals surface area contributed by atoms with E-state index in [9.17, 15) is 5.21 Å². The van der Waals surface area contributed by atoms with Gasteiger partial charge in [0.15, 0.2) is 5.66 Å². The lowest BCUT2D eigenvalue weighted by atomic mass is 9.89. The molecule has 0 spiro atoms. The molecule has 1 aliphatic carbocycles. The molecule has 1 unspecified atom stereocenters. The first-order valence-electron chi connectivity index (χ1n) is 4.53. The average molecular weight is 159 g/mol. The zero-order valence-electron chi connectivity index (χ0n) is 7.27. The van der Waals surface area contributed by atoms with Crippen LogP contribution in [0.2, 0.25) is 0 Å². The summed E-state index contributed by atoms with van der Waals surface area (Å²) >= 11 is 0. The molecule has 0 bridgehead atoms. The fourth-order valence-corrected chi connectivity index (χ4v) is 1.82. The summed E-state index contributed by atoms with van der Waals surface area (Å²) in [5, 5.41) is 10.0. The smallest absolute Gasteiger partial charge is 0.178 e. The second kappa shape index (κ2) is 3.52. The van der Waals surface area contributed by atoms with Crippen LogP contribution in [0.15, 0.2) is 0 Å². The molecule has 1 atom stereocenters. The number of hydrogen-bond donors (Lipinski definition) is 3. The molecule has 3 heteroatoms. The monoisotopic (exact) mass is 159 g/mol. The Bertz CT molecular complexity index is 121. The van der Waals surface area contributed by atoms with E-state index in [-0.39, 0.29) is 5.66 Å². The van der Waals surface area contributed by atoms with Gasteiger partial charge in [-0.2, -0.15) is 5.06 Å². The molecule has 0 aromatic carbocycles. The van der Waals surface area contributed by atoms with Gasteiger partial charge in [-0.25, -0.2) is 5.21 Å². The van der Waals surface area contributed by atoms with Gasteiger partial charge in [-0.05, 0) is 19.8 Å². The Hall–Kier alpha value is -0.120. The van der Waals surface area contributed by atoms with Crippen molar-refractivity contribution in [2.45, 2.75) is 44.7 Å². The zero-order valence-corrected chi connectivity index (χ0v) is 7.27. The molecule has 0 aromatic rings. The second-order valence-corrected chi connectivity index (χ2v) is 3.52. The molecule has 0 radical (unpaired) electrons. The van der Waals surface area contributed by atoms with Gasteiger partial charge in [0.05, 0.1) is 0 Å². The van der Waals surface area contributed by atoms with Crippen LogP contribution in [0.1, 0.15) is 39.0 Å². The fraction of sp³-hybridized carbons (Fsp3) is 1.00. The van der Waals surface area contributed by atoms with Crippen molar-refractivity contribution in [3.05, 3.63) is 0 Å². The highest BCUT2D eigenvalue weighted by atomic mass is 16.5. The summed E-state index contributed by atoms with van der Waals surface area (Å²) in [6, 6.07) is 0. The number of hydrogen-bond acceptors (Lipinski definition) is 2. The van der Waals surface area contributed by atoms with Crippen LogP contribution in [0.25, 0.3) is 0 Å². The summed E-state index contributed by atoms with van der Waals surface area (Å²) < 4.78 is 0. The summed E-state index contributed by atoms with van der Waals surface area (Å²) in [6.45, 7) is 2.66. The Morgan fingerprint density at radius 3 is 2.36 bits per heavy atom. The molecule has 0 saturated heterocycles. The van der Waals surface area contributed by atoms with Gasteiger partial charge in [-0.15, -0.1) is 0 Å². The van der Waals surface area contributed by atoms with Crippen molar-refractivity contribution in [1.29, 1.82) is 0 Å². The highest BCUT2D eigenvalue weighted by Crippen LogP contribution is 2.20. The van der Waals surface area contributed by atoms with Gasteiger partial charge < -0.3 is 0 Å². The van der Waals surface area contributed by atoms with Crippen molar-refractivity contribution in [3.8, 4) is 0 Å². The van der Waals surface area contributed by atoms with Crippen LogP contribution in [0.3, 0.4) is 0 Å². The van der Waals surface area contributed by atoms with Crippen LogP contribution >= 0.6 is 0 Å². The first-order chi connectivity index (χ1) is 5.19. The molecular formula is C8H19N2O+. The van der Waals surface area contributed by atoms with Crippen molar-refractivity contribution in [2.75, 3.05) is 6.54 Å². The number of nitrogens with two attached hydrogens (primary N) is 1. The van der Waals surface area contributed by atoms with Gasteiger partial charge in [-0.1, -0.05) is 6.42 Å². The normalized spacial score (nSPS) is 26.5. The van der Waals surface area contributed by atoms with Crippen molar-refractivity contribution < 1.29 is 10.3 Å². The van der Waals surface area contributed by atoms with Gasteiger partial charge in [-0.3, -0.25) is 5.73 Å². The maximum absolute atomic E-state index is 9.53. The van der Waals surface area contributed by atoms with E-state index in [4.69, 9.17) is 5.73 Å². The van der Waals surface area contributed by atoms with Crippen molar-refractivity contribution in [3.63, 3.8) is 0 Å². The Labute approximate surface area is 68.1 Å². The summed E-state index contributed by atoms with van der Waals surface area (Å²) in [4.78, 5) is 0. The van der Waals surface area contributed by atoms with Gasteiger partial charge in [0.2, 0.25) is 0 Å². The van der Waals surface area contributed by atoms with E-state index in [0.29, 0.717) is 11.6 Å². The van der Waals surface area contributed by atoms with E-state index in [0.717, 1.165) is 12.8 Å². The molecule has 0 aromatic heterocycles. The molecule has 3 nitrogen and oxygen atoms in total. The number of hydroxylamine groups is 2. The largest absolute Gasteiger partial charge is 0.277 e. The number of nitrogens with one attached hydrogen (secondary N) is 1. The van der Waals surface area contributed by atoms with E-state index in [1.54, 1.807) is 0 Å². The lowest BCUT2D eigenvalue weighted by Crippen LogP contribution is -3.20. The minimum Gasteiger partial charge on any atom is -0.277 e. The molecule has 1 aliphatic rings. The number of rotatable bonds is 2. The van der Waals surface area contributed by atoms with Crippen LogP contribution in [0.5, 0.6) is 0 Å². The van der Waals surface area contributed by atoms with Gasteiger partial charge in [0.1, 0.15) is 6.54 Å². The standard InChI is InChI=1S/C8H18N2O/c1-2-10(11)8(9)6-4-3-5-7-8/h11H,2-7,9H2,1H3/p+1. The van der Waals surface area contributed by atoms with Crippen LogP contribution in [0.4, 0.5) is 0 Å². The van der Waals surface area contributed by atoms with Gasteiger partial charge >= 0.3 is 0 Å². The van der Waals surface area contributed by atoms with Crippen LogP contribution in [-0.2, 0) is 0 Å². The van der Waals surface area contributed by atoms with Crippen LogP contribution in [0, 0.1) is 0 Å². The quantitative estimate of drug-likeness (QED) is 0.389. The summed E-state index contributed by atoms with van der Waals surface area (Å²) in [7, 11) is 0. The minimum atomic E-state index is -0.340. The molecule has 4 N–H and O–H groups in total. The van der Waals surface area contributed by atoms with Crippen molar-refractivity contribution in [2.24, 2.45) is 5.73 Å². The molecular weight excluding hydrogens is 140 g/mol. The number of quaternary nitrogens is 1.